The van der Waals surface area contributed by atoms with Crippen LogP contribution in [0.1, 0.15) is 38.3 Å². The van der Waals surface area contributed by atoms with E-state index in [1.165, 1.54) is 6.07 Å². The first kappa shape index (κ1) is 16.3. The highest BCUT2D eigenvalue weighted by Crippen LogP contribution is 2.29. The molecule has 0 aliphatic rings. The maximum Gasteiger partial charge on any atom is 0.261 e. The minimum Gasteiger partial charge on any atom is -0.493 e. The van der Waals surface area contributed by atoms with E-state index < -0.39 is 9.05 Å². The highest BCUT2D eigenvalue weighted by Gasteiger charge is 2.17. The lowest BCUT2D eigenvalue weighted by atomic mass is 9.93. The Morgan fingerprint density at radius 1 is 1.16 bits per heavy atom. The molecule has 0 unspecified atom stereocenters. The summed E-state index contributed by atoms with van der Waals surface area (Å²) < 4.78 is 28.5. The van der Waals surface area contributed by atoms with Gasteiger partial charge in [-0.3, -0.25) is 0 Å². The number of hydrogen-bond donors (Lipinski definition) is 0. The van der Waals surface area contributed by atoms with E-state index in [1.54, 1.807) is 13.0 Å². The normalized spacial score (nSPS) is 12.5. The number of rotatable bonds is 4. The van der Waals surface area contributed by atoms with Crippen LogP contribution in [0.2, 0.25) is 0 Å². The molecule has 0 spiro atoms. The average molecular weight is 305 g/mol. The Bertz CT molecular complexity index is 557. The molecule has 0 aromatic heterocycles. The fourth-order valence-corrected chi connectivity index (χ4v) is 2.91. The van der Waals surface area contributed by atoms with Crippen LogP contribution in [0.15, 0.2) is 17.0 Å². The predicted molar refractivity (Wildman–Crippen MR) is 78.5 cm³/mol. The molecule has 1 rings (SSSR count). The Kier molecular flexibility index (Phi) is 4.91. The van der Waals surface area contributed by atoms with E-state index in [4.69, 9.17) is 15.4 Å². The summed E-state index contributed by atoms with van der Waals surface area (Å²) in [4.78, 5) is 0.148. The van der Waals surface area contributed by atoms with Crippen molar-refractivity contribution in [2.24, 2.45) is 5.41 Å². The SMILES string of the molecule is Cc1c(OCCC(C)(C)C)ccc(S(=O)(=O)Cl)c1C. The van der Waals surface area contributed by atoms with Gasteiger partial charge < -0.3 is 4.74 Å². The van der Waals surface area contributed by atoms with Gasteiger partial charge in [0, 0.05) is 10.7 Å². The van der Waals surface area contributed by atoms with Crippen molar-refractivity contribution in [3.63, 3.8) is 0 Å². The molecule has 0 radical (unpaired) electrons. The smallest absolute Gasteiger partial charge is 0.261 e. The van der Waals surface area contributed by atoms with E-state index in [1.807, 2.05) is 6.92 Å². The van der Waals surface area contributed by atoms with Crippen molar-refractivity contribution in [3.05, 3.63) is 23.3 Å². The number of benzene rings is 1. The summed E-state index contributed by atoms with van der Waals surface area (Å²) in [5.74, 6) is 0.714. The van der Waals surface area contributed by atoms with E-state index in [2.05, 4.69) is 20.8 Å². The van der Waals surface area contributed by atoms with E-state index in [0.717, 1.165) is 12.0 Å². The van der Waals surface area contributed by atoms with Crippen LogP contribution in [0.5, 0.6) is 5.75 Å². The summed E-state index contributed by atoms with van der Waals surface area (Å²) in [6, 6.07) is 3.16. The lowest BCUT2D eigenvalue weighted by molar-refractivity contribution is 0.241. The molecule has 0 saturated carbocycles. The van der Waals surface area contributed by atoms with E-state index in [9.17, 15) is 8.42 Å². The highest BCUT2D eigenvalue weighted by atomic mass is 35.7. The third-order valence-corrected chi connectivity index (χ3v) is 4.53. The minimum atomic E-state index is -3.70. The Morgan fingerprint density at radius 2 is 1.74 bits per heavy atom. The summed E-state index contributed by atoms with van der Waals surface area (Å²) in [6.07, 6.45) is 0.932. The number of hydrogen-bond acceptors (Lipinski definition) is 3. The van der Waals surface area contributed by atoms with Crippen molar-refractivity contribution in [3.8, 4) is 5.75 Å². The number of halogens is 1. The molecule has 1 aromatic carbocycles. The van der Waals surface area contributed by atoms with Crippen LogP contribution in [-0.4, -0.2) is 15.0 Å². The molecule has 0 aliphatic heterocycles. The van der Waals surface area contributed by atoms with Gasteiger partial charge in [-0.2, -0.15) is 0 Å². The molecule has 0 saturated heterocycles. The summed E-state index contributed by atoms with van der Waals surface area (Å²) in [7, 11) is 1.68. The molecule has 108 valence electrons. The Labute approximate surface area is 120 Å². The van der Waals surface area contributed by atoms with Gasteiger partial charge in [0.1, 0.15) is 5.75 Å². The molecule has 1 aromatic rings. The summed E-state index contributed by atoms with van der Waals surface area (Å²) in [6.45, 7) is 10.6. The quantitative estimate of drug-likeness (QED) is 0.788. The van der Waals surface area contributed by atoms with E-state index in [-0.39, 0.29) is 10.3 Å². The lowest BCUT2D eigenvalue weighted by Gasteiger charge is -2.19. The number of ether oxygens (including phenoxy) is 1. The molecular formula is C14H21ClO3S. The van der Waals surface area contributed by atoms with Crippen LogP contribution in [0.25, 0.3) is 0 Å². The minimum absolute atomic E-state index is 0.148. The first-order chi connectivity index (χ1) is 8.52. The summed E-state index contributed by atoms with van der Waals surface area (Å²) >= 11 is 0. The summed E-state index contributed by atoms with van der Waals surface area (Å²) in [5, 5.41) is 0. The highest BCUT2D eigenvalue weighted by molar-refractivity contribution is 8.13. The van der Waals surface area contributed by atoms with Gasteiger partial charge >= 0.3 is 0 Å². The second-order valence-corrected chi connectivity index (χ2v) is 8.44. The third-order valence-electron chi connectivity index (χ3n) is 3.06. The van der Waals surface area contributed by atoms with Gasteiger partial charge in [0.25, 0.3) is 9.05 Å². The molecule has 0 N–H and O–H groups in total. The second kappa shape index (κ2) is 5.71. The summed E-state index contributed by atoms with van der Waals surface area (Å²) in [5.41, 5.74) is 1.67. The molecule has 0 fully saturated rings. The van der Waals surface area contributed by atoms with E-state index >= 15 is 0 Å². The van der Waals surface area contributed by atoms with Crippen molar-refractivity contribution in [2.45, 2.75) is 45.9 Å². The van der Waals surface area contributed by atoms with Crippen LogP contribution in [0.4, 0.5) is 0 Å². The molecule has 0 heterocycles. The Balaban J connectivity index is 2.92. The van der Waals surface area contributed by atoms with Crippen molar-refractivity contribution < 1.29 is 13.2 Å². The topological polar surface area (TPSA) is 43.4 Å². The molecular weight excluding hydrogens is 284 g/mol. The van der Waals surface area contributed by atoms with Crippen LogP contribution in [0.3, 0.4) is 0 Å². The van der Waals surface area contributed by atoms with Crippen molar-refractivity contribution in [1.82, 2.24) is 0 Å². The standard InChI is InChI=1S/C14H21ClO3S/c1-10-11(2)13(19(15,16)17)7-6-12(10)18-9-8-14(3,4)5/h6-7H,8-9H2,1-5H3. The van der Waals surface area contributed by atoms with Gasteiger partial charge in [0.05, 0.1) is 11.5 Å². The molecule has 0 atom stereocenters. The molecule has 0 bridgehead atoms. The predicted octanol–water partition coefficient (Wildman–Crippen LogP) is 4.05. The van der Waals surface area contributed by atoms with Gasteiger partial charge in [-0.25, -0.2) is 8.42 Å². The van der Waals surface area contributed by atoms with Crippen LogP contribution in [0, 0.1) is 19.3 Å². The van der Waals surface area contributed by atoms with Crippen molar-refractivity contribution in [2.75, 3.05) is 6.61 Å². The third kappa shape index (κ3) is 4.69. The Morgan fingerprint density at radius 3 is 2.21 bits per heavy atom. The van der Waals surface area contributed by atoms with Crippen LogP contribution >= 0.6 is 10.7 Å². The largest absolute Gasteiger partial charge is 0.493 e. The molecule has 0 aliphatic carbocycles. The van der Waals surface area contributed by atoms with Gasteiger partial charge in [0.15, 0.2) is 0 Å². The zero-order valence-electron chi connectivity index (χ0n) is 12.1. The Hall–Kier alpha value is -0.740. The monoisotopic (exact) mass is 304 g/mol. The molecule has 19 heavy (non-hydrogen) atoms. The van der Waals surface area contributed by atoms with Crippen LogP contribution in [-0.2, 0) is 9.05 Å². The van der Waals surface area contributed by atoms with Crippen molar-refractivity contribution >= 4 is 19.7 Å². The maximum absolute atomic E-state index is 11.4. The fourth-order valence-electron chi connectivity index (χ4n) is 1.66. The molecule has 3 nitrogen and oxygen atoms in total. The van der Waals surface area contributed by atoms with Gasteiger partial charge in [-0.15, -0.1) is 0 Å². The zero-order chi connectivity index (χ0) is 14.8. The first-order valence-electron chi connectivity index (χ1n) is 6.20. The van der Waals surface area contributed by atoms with Gasteiger partial charge in [-0.1, -0.05) is 20.8 Å². The zero-order valence-corrected chi connectivity index (χ0v) is 13.7. The van der Waals surface area contributed by atoms with Gasteiger partial charge in [0.2, 0.25) is 0 Å². The lowest BCUT2D eigenvalue weighted by Crippen LogP contribution is -2.11. The van der Waals surface area contributed by atoms with Crippen molar-refractivity contribution in [1.29, 1.82) is 0 Å². The second-order valence-electron chi connectivity index (χ2n) is 5.91. The van der Waals surface area contributed by atoms with Gasteiger partial charge in [-0.05, 0) is 48.9 Å². The fraction of sp³-hybridized carbons (Fsp3) is 0.571. The first-order valence-corrected chi connectivity index (χ1v) is 8.51. The van der Waals surface area contributed by atoms with E-state index in [0.29, 0.717) is 17.9 Å². The maximum atomic E-state index is 11.4. The molecule has 5 heteroatoms. The molecule has 0 amide bonds. The van der Waals surface area contributed by atoms with Crippen LogP contribution < -0.4 is 4.74 Å². The average Bonchev–Trinajstić information content (AvgIpc) is 2.20.